The molecule has 0 saturated carbocycles. The van der Waals surface area contributed by atoms with Gasteiger partial charge < -0.3 is 5.32 Å². The number of hydrogen-bond donors (Lipinski definition) is 1. The van der Waals surface area contributed by atoms with E-state index in [1.54, 1.807) is 30.3 Å². The second-order valence-corrected chi connectivity index (χ2v) is 9.55. The number of rotatable bonds is 1. The Balaban J connectivity index is 1.56. The smallest absolute Gasteiger partial charge is 0.250 e. The van der Waals surface area contributed by atoms with Gasteiger partial charge in [0.15, 0.2) is 0 Å². The molecule has 4 aliphatic rings. The number of imide groups is 1. The molecule has 8 heteroatoms. The van der Waals surface area contributed by atoms with E-state index < -0.39 is 17.4 Å². The molecule has 1 N–H and O–H groups in total. The van der Waals surface area contributed by atoms with Crippen molar-refractivity contribution >= 4 is 52.3 Å². The first-order valence-electron chi connectivity index (χ1n) is 10.4. The van der Waals surface area contributed by atoms with E-state index in [1.807, 2.05) is 13.0 Å². The van der Waals surface area contributed by atoms with E-state index in [9.17, 15) is 14.4 Å². The van der Waals surface area contributed by atoms with Crippen molar-refractivity contribution < 1.29 is 14.4 Å². The highest BCUT2D eigenvalue weighted by Crippen LogP contribution is 2.61. The second-order valence-electron chi connectivity index (χ2n) is 8.71. The van der Waals surface area contributed by atoms with Crippen LogP contribution in [0.15, 0.2) is 36.4 Å². The van der Waals surface area contributed by atoms with Gasteiger partial charge in [0.2, 0.25) is 17.7 Å². The number of nitrogens with zero attached hydrogens (tertiary/aromatic N) is 2. The van der Waals surface area contributed by atoms with E-state index in [-0.39, 0.29) is 23.8 Å². The molecule has 4 heterocycles. The van der Waals surface area contributed by atoms with Gasteiger partial charge in [-0.1, -0.05) is 29.3 Å². The summed E-state index contributed by atoms with van der Waals surface area (Å²) in [5.74, 6) is -2.15. The predicted molar refractivity (Wildman–Crippen MR) is 117 cm³/mol. The van der Waals surface area contributed by atoms with Crippen LogP contribution in [0.25, 0.3) is 0 Å². The van der Waals surface area contributed by atoms with Crippen LogP contribution in [0.2, 0.25) is 10.0 Å². The predicted octanol–water partition coefficient (Wildman–Crippen LogP) is 3.73. The number of carbonyl (C=O) groups excluding carboxylic acids is 3. The Morgan fingerprint density at radius 3 is 2.52 bits per heavy atom. The molecule has 6 rings (SSSR count). The molecule has 3 saturated heterocycles. The average Bonchev–Trinajstić information content (AvgIpc) is 3.45. The first-order valence-corrected chi connectivity index (χ1v) is 11.1. The summed E-state index contributed by atoms with van der Waals surface area (Å²) in [6.07, 6.45) is 1.67. The third-order valence-corrected chi connectivity index (χ3v) is 8.11. The summed E-state index contributed by atoms with van der Waals surface area (Å²) in [5, 5.41) is 4.08. The van der Waals surface area contributed by atoms with E-state index in [1.165, 1.54) is 4.90 Å². The van der Waals surface area contributed by atoms with Crippen molar-refractivity contribution in [3.8, 4) is 0 Å². The van der Waals surface area contributed by atoms with Crippen LogP contribution < -0.4 is 10.2 Å². The molecule has 6 nitrogen and oxygen atoms in total. The minimum atomic E-state index is -1.19. The van der Waals surface area contributed by atoms with E-state index in [0.717, 1.165) is 24.0 Å². The van der Waals surface area contributed by atoms with Crippen molar-refractivity contribution in [1.82, 2.24) is 4.90 Å². The summed E-state index contributed by atoms with van der Waals surface area (Å²) in [5.41, 5.74) is 1.48. The molecule has 0 radical (unpaired) electrons. The summed E-state index contributed by atoms with van der Waals surface area (Å²) >= 11 is 12.3. The first-order chi connectivity index (χ1) is 14.9. The molecule has 4 aliphatic heterocycles. The van der Waals surface area contributed by atoms with Gasteiger partial charge in [-0.25, -0.2) is 4.90 Å². The Hall–Kier alpha value is -2.41. The summed E-state index contributed by atoms with van der Waals surface area (Å²) in [7, 11) is 0. The molecule has 1 spiro atoms. The van der Waals surface area contributed by atoms with Gasteiger partial charge >= 0.3 is 0 Å². The van der Waals surface area contributed by atoms with E-state index >= 15 is 0 Å². The van der Waals surface area contributed by atoms with Gasteiger partial charge in [-0.2, -0.15) is 0 Å². The van der Waals surface area contributed by atoms with Crippen LogP contribution in [0.3, 0.4) is 0 Å². The van der Waals surface area contributed by atoms with Crippen molar-refractivity contribution in [1.29, 1.82) is 0 Å². The van der Waals surface area contributed by atoms with Crippen molar-refractivity contribution in [2.75, 3.05) is 16.8 Å². The van der Waals surface area contributed by atoms with Gasteiger partial charge in [0.1, 0.15) is 5.54 Å². The molecule has 0 aromatic heterocycles. The zero-order valence-corrected chi connectivity index (χ0v) is 18.2. The molecule has 2 aromatic carbocycles. The van der Waals surface area contributed by atoms with Crippen LogP contribution in [-0.2, 0) is 19.9 Å². The van der Waals surface area contributed by atoms with Crippen LogP contribution in [0.4, 0.5) is 11.4 Å². The third-order valence-electron chi connectivity index (χ3n) is 7.45. The zero-order chi connectivity index (χ0) is 21.7. The number of anilines is 2. The maximum Gasteiger partial charge on any atom is 0.250 e. The maximum absolute atomic E-state index is 13.8. The number of carbonyl (C=O) groups is 3. The van der Waals surface area contributed by atoms with Crippen LogP contribution in [-0.4, -0.2) is 35.2 Å². The van der Waals surface area contributed by atoms with Gasteiger partial charge in [-0.15, -0.1) is 0 Å². The quantitative estimate of drug-likeness (QED) is 0.665. The Morgan fingerprint density at radius 2 is 1.77 bits per heavy atom. The summed E-state index contributed by atoms with van der Waals surface area (Å²) in [6.45, 7) is 2.53. The third kappa shape index (κ3) is 2.20. The van der Waals surface area contributed by atoms with Crippen molar-refractivity contribution in [3.63, 3.8) is 0 Å². The number of halogens is 2. The standard InChI is InChI=1S/C23H19Cl2N3O3/c1-11-15(25)9-8-14-19(11)26-22(31)23(14)18-17(16-3-2-10-27(16)23)20(29)28(21(18)30)13-6-4-12(24)5-7-13/h4-9,16-18H,2-3,10H2,1H3,(H,26,31)/t16-,17-,18+,23-/m1/s1. The first kappa shape index (κ1) is 19.3. The summed E-state index contributed by atoms with van der Waals surface area (Å²) in [6, 6.07) is 10.1. The normalized spacial score (nSPS) is 31.4. The van der Waals surface area contributed by atoms with Gasteiger partial charge in [0, 0.05) is 21.7 Å². The molecule has 31 heavy (non-hydrogen) atoms. The highest BCUT2D eigenvalue weighted by atomic mass is 35.5. The Labute approximate surface area is 189 Å². The number of benzene rings is 2. The molecule has 2 aromatic rings. The molecule has 4 atom stereocenters. The van der Waals surface area contributed by atoms with Gasteiger partial charge in [0.05, 0.1) is 23.2 Å². The van der Waals surface area contributed by atoms with E-state index in [2.05, 4.69) is 10.2 Å². The Bertz CT molecular complexity index is 1180. The lowest BCUT2D eigenvalue weighted by atomic mass is 9.75. The Morgan fingerprint density at radius 1 is 1.03 bits per heavy atom. The molecule has 0 bridgehead atoms. The van der Waals surface area contributed by atoms with Crippen LogP contribution in [0, 0.1) is 18.8 Å². The second kappa shape index (κ2) is 6.31. The molecule has 3 fully saturated rings. The molecular formula is C23H19Cl2N3O3. The van der Waals surface area contributed by atoms with Gasteiger partial charge in [-0.05, 0) is 62.2 Å². The lowest BCUT2D eigenvalue weighted by molar-refractivity contribution is -0.135. The van der Waals surface area contributed by atoms with Gasteiger partial charge in [0.25, 0.3) is 0 Å². The van der Waals surface area contributed by atoms with E-state index in [4.69, 9.17) is 23.2 Å². The molecule has 0 aliphatic carbocycles. The fourth-order valence-electron chi connectivity index (χ4n) is 6.24. The van der Waals surface area contributed by atoms with Crippen LogP contribution >= 0.6 is 23.2 Å². The summed E-state index contributed by atoms with van der Waals surface area (Å²) < 4.78 is 0. The SMILES string of the molecule is Cc1c(Cl)ccc2c1NC(=O)[C@]21[C@@H]2C(=O)N(c3ccc(Cl)cc3)C(=O)[C@@H]2[C@H]2CCCN21. The summed E-state index contributed by atoms with van der Waals surface area (Å²) in [4.78, 5) is 44.4. The lowest BCUT2D eigenvalue weighted by Gasteiger charge is -2.36. The highest BCUT2D eigenvalue weighted by molar-refractivity contribution is 6.32. The minimum Gasteiger partial charge on any atom is -0.324 e. The number of nitrogens with one attached hydrogen (secondary N) is 1. The van der Waals surface area contributed by atoms with E-state index in [0.29, 0.717) is 28.0 Å². The fraction of sp³-hybridized carbons (Fsp3) is 0.348. The number of hydrogen-bond acceptors (Lipinski definition) is 4. The molecule has 3 amide bonds. The largest absolute Gasteiger partial charge is 0.324 e. The van der Waals surface area contributed by atoms with Crippen molar-refractivity contribution in [3.05, 3.63) is 57.6 Å². The van der Waals surface area contributed by atoms with Gasteiger partial charge in [-0.3, -0.25) is 19.3 Å². The highest BCUT2D eigenvalue weighted by Gasteiger charge is 2.74. The number of amides is 3. The van der Waals surface area contributed by atoms with Crippen LogP contribution in [0.1, 0.15) is 24.0 Å². The molecule has 158 valence electrons. The fourth-order valence-corrected chi connectivity index (χ4v) is 6.52. The number of fused-ring (bicyclic) bond motifs is 7. The van der Waals surface area contributed by atoms with Crippen molar-refractivity contribution in [2.24, 2.45) is 11.8 Å². The van der Waals surface area contributed by atoms with Crippen molar-refractivity contribution in [2.45, 2.75) is 31.3 Å². The Kier molecular flexibility index (Phi) is 3.93. The zero-order valence-electron chi connectivity index (χ0n) is 16.7. The van der Waals surface area contributed by atoms with Crippen LogP contribution in [0.5, 0.6) is 0 Å². The lowest BCUT2D eigenvalue weighted by Crippen LogP contribution is -2.54. The maximum atomic E-state index is 13.8. The molecular weight excluding hydrogens is 437 g/mol. The monoisotopic (exact) mass is 455 g/mol. The average molecular weight is 456 g/mol. The minimum absolute atomic E-state index is 0.147. The topological polar surface area (TPSA) is 69.7 Å². The molecule has 0 unspecified atom stereocenters.